The van der Waals surface area contributed by atoms with Gasteiger partial charge < -0.3 is 8.98 Å². The molecule has 6 nitrogen and oxygen atoms in total. The van der Waals surface area contributed by atoms with E-state index in [2.05, 4.69) is 132 Å². The first-order chi connectivity index (χ1) is 28.7. The largest absolute Gasteiger partial charge is 0 e. The maximum absolute atomic E-state index is 8.44. The molecule has 9 rings (SSSR count). The number of imidazole rings is 1. The molecule has 305 valence electrons. The van der Waals surface area contributed by atoms with Crippen LogP contribution in [-0.4, -0.2) is 37.8 Å². The molecule has 0 N–H and O–H groups in total. The first-order valence-electron chi connectivity index (χ1n) is 20.9. The summed E-state index contributed by atoms with van der Waals surface area (Å²) in [6, 6.07) is 44.0. The van der Waals surface area contributed by atoms with Gasteiger partial charge in [-0.3, -0.25) is 4.98 Å². The summed E-state index contributed by atoms with van der Waals surface area (Å²) in [6.45, 7) is 12.9. The molecule has 0 aliphatic carbocycles. The second-order valence-corrected chi connectivity index (χ2v) is 27.6. The van der Waals surface area contributed by atoms with Gasteiger partial charge in [0.15, 0.2) is 5.65 Å². The Labute approximate surface area is 371 Å². The van der Waals surface area contributed by atoms with Crippen LogP contribution in [0.25, 0.3) is 72.6 Å². The summed E-state index contributed by atoms with van der Waals surface area (Å²) in [6.07, 6.45) is 5.38. The standard InChI is InChI=1S/C35H29N4O.C17H22GeN.Ir/c1-21(2)28-17-24(23-11-6-5-7-12-23)18-29(22(3)4)32(28)39-34(38-30-19-36-20-37-35(30)39)27-15-10-14-26-25-13-8-9-16-31(25)40-33(26)27;1-13(2)15-11-17(14-9-7-6-8-10-14)19-12-16(15)18(3,4)5;/h5-14,16-22H,1-4H3;6-9,11-13H,1-5H3;/q2*-1;/i;13D;. The number of pyridine rings is 1. The van der Waals surface area contributed by atoms with E-state index in [1.807, 2.05) is 68.6 Å². The predicted octanol–water partition coefficient (Wildman–Crippen LogP) is 13.3. The quantitative estimate of drug-likeness (QED) is 0.112. The molecular formula is C52H51GeIrN5O-2. The summed E-state index contributed by atoms with van der Waals surface area (Å²) in [5.41, 5.74) is 12.9. The monoisotopic (exact) mass is 1030 g/mol. The van der Waals surface area contributed by atoms with Crippen LogP contribution in [0.15, 0.2) is 132 Å². The summed E-state index contributed by atoms with van der Waals surface area (Å²) < 4.78 is 18.4. The van der Waals surface area contributed by atoms with Gasteiger partial charge in [-0.05, 0) is 52.3 Å². The molecule has 0 aliphatic rings. The Balaban J connectivity index is 0.000000226. The number of fused-ring (bicyclic) bond motifs is 4. The molecule has 0 amide bonds. The molecule has 0 atom stereocenters. The topological polar surface area (TPSA) is 69.6 Å². The van der Waals surface area contributed by atoms with E-state index in [0.717, 1.165) is 67.0 Å². The number of aromatic nitrogens is 5. The number of nitrogens with zero attached hydrogens (tertiary/aromatic N) is 5. The van der Waals surface area contributed by atoms with Crippen LogP contribution < -0.4 is 4.40 Å². The SMILES string of the molecule is CC(C)c1cc(-c2ccccc2)cc(C(C)C)c1-n1c(-c2[c-]ccc3c2oc2ccccc23)nc2cncnc21.[2H]C(C)(C)c1cc(-c2[c-]cccc2)nc[c]1[Ge]([CH3])([CH3])[CH3].[Ir]. The molecule has 60 heavy (non-hydrogen) atoms. The van der Waals surface area contributed by atoms with Gasteiger partial charge in [0.2, 0.25) is 0 Å². The zero-order valence-electron chi connectivity index (χ0n) is 36.8. The molecule has 4 aromatic heterocycles. The third-order valence-electron chi connectivity index (χ3n) is 10.9. The second kappa shape index (κ2) is 17.8. The summed E-state index contributed by atoms with van der Waals surface area (Å²) >= 11 is -2.03. The predicted molar refractivity (Wildman–Crippen MR) is 247 cm³/mol. The fraction of sp³-hybridized carbons (Fsp3) is 0.231. The van der Waals surface area contributed by atoms with Gasteiger partial charge in [-0.25, -0.2) is 9.97 Å². The van der Waals surface area contributed by atoms with Crippen LogP contribution in [-0.2, 0) is 20.1 Å². The minimum atomic E-state index is -2.03. The Kier molecular flexibility index (Phi) is 12.3. The second-order valence-electron chi connectivity index (χ2n) is 17.0. The molecule has 8 heteroatoms. The van der Waals surface area contributed by atoms with Gasteiger partial charge in [0.05, 0.1) is 17.6 Å². The Morgan fingerprint density at radius 3 is 2.07 bits per heavy atom. The van der Waals surface area contributed by atoms with Crippen molar-refractivity contribution in [1.29, 1.82) is 0 Å². The van der Waals surface area contributed by atoms with E-state index < -0.39 is 19.2 Å². The van der Waals surface area contributed by atoms with Gasteiger partial charge in [-0.2, -0.15) is 0 Å². The van der Waals surface area contributed by atoms with E-state index in [9.17, 15) is 0 Å². The van der Waals surface area contributed by atoms with Crippen LogP contribution in [0.1, 0.15) is 77.3 Å². The van der Waals surface area contributed by atoms with Gasteiger partial charge >= 0.3 is 120 Å². The molecule has 0 bridgehead atoms. The van der Waals surface area contributed by atoms with Crippen LogP contribution in [0.2, 0.25) is 17.3 Å². The van der Waals surface area contributed by atoms with E-state index in [1.165, 1.54) is 26.6 Å². The Hall–Kier alpha value is -5.21. The zero-order chi connectivity index (χ0) is 42.3. The number of para-hydroxylation sites is 1. The number of furan rings is 1. The van der Waals surface area contributed by atoms with Gasteiger partial charge in [0, 0.05) is 31.2 Å². The fourth-order valence-corrected chi connectivity index (χ4v) is 11.2. The van der Waals surface area contributed by atoms with Crippen LogP contribution in [0.4, 0.5) is 0 Å². The molecule has 0 saturated carbocycles. The van der Waals surface area contributed by atoms with Crippen LogP contribution in [0, 0.1) is 12.1 Å². The smallest absolute Gasteiger partial charge is 0 e. The Morgan fingerprint density at radius 2 is 1.40 bits per heavy atom. The minimum absolute atomic E-state index is 0. The molecule has 0 aliphatic heterocycles. The molecule has 0 unspecified atom stereocenters. The Bertz CT molecular complexity index is 2940. The van der Waals surface area contributed by atoms with Crippen LogP contribution in [0.5, 0.6) is 0 Å². The summed E-state index contributed by atoms with van der Waals surface area (Å²) in [7, 11) is 0. The first-order valence-corrected chi connectivity index (χ1v) is 27.8. The number of hydrogen-bond acceptors (Lipinski definition) is 5. The van der Waals surface area contributed by atoms with Crippen molar-refractivity contribution in [3.8, 4) is 39.5 Å². The van der Waals surface area contributed by atoms with Crippen LogP contribution >= 0.6 is 0 Å². The molecule has 9 aromatic rings. The van der Waals surface area contributed by atoms with Crippen molar-refractivity contribution >= 4 is 50.8 Å². The van der Waals surface area contributed by atoms with Crippen molar-refractivity contribution in [1.82, 2.24) is 24.5 Å². The van der Waals surface area contributed by atoms with E-state index in [0.29, 0.717) is 0 Å². The molecule has 1 radical (unpaired) electrons. The molecule has 5 aromatic carbocycles. The van der Waals surface area contributed by atoms with E-state index >= 15 is 0 Å². The normalized spacial score (nSPS) is 12.2. The van der Waals surface area contributed by atoms with Crippen LogP contribution in [0.3, 0.4) is 0 Å². The van der Waals surface area contributed by atoms with Crippen molar-refractivity contribution in [2.75, 3.05) is 0 Å². The summed E-state index contributed by atoms with van der Waals surface area (Å²) in [4.78, 5) is 18.8. The van der Waals surface area contributed by atoms with Crippen molar-refractivity contribution in [2.24, 2.45) is 0 Å². The first kappa shape index (κ1) is 41.5. The third-order valence-corrected chi connectivity index (χ3v) is 15.1. The Morgan fingerprint density at radius 1 is 0.700 bits per heavy atom. The van der Waals surface area contributed by atoms with Crippen molar-refractivity contribution < 1.29 is 25.9 Å². The molecule has 0 fully saturated rings. The van der Waals surface area contributed by atoms with Gasteiger partial charge in [0.25, 0.3) is 0 Å². The molecule has 0 saturated heterocycles. The van der Waals surface area contributed by atoms with Gasteiger partial charge in [0.1, 0.15) is 17.4 Å². The number of benzene rings is 5. The summed E-state index contributed by atoms with van der Waals surface area (Å²) in [5.74, 6) is 7.71. The average molecular weight is 1030 g/mol. The van der Waals surface area contributed by atoms with Gasteiger partial charge in [-0.1, -0.05) is 87.2 Å². The fourth-order valence-electron chi connectivity index (χ4n) is 7.85. The third kappa shape index (κ3) is 8.41. The zero-order valence-corrected chi connectivity index (χ0v) is 40.2. The van der Waals surface area contributed by atoms with Crippen molar-refractivity contribution in [3.05, 3.63) is 157 Å². The van der Waals surface area contributed by atoms with Crippen molar-refractivity contribution in [2.45, 2.75) is 76.5 Å². The molecule has 0 spiro atoms. The molecule has 4 heterocycles. The van der Waals surface area contributed by atoms with Crippen molar-refractivity contribution in [3.63, 3.8) is 0 Å². The number of rotatable bonds is 8. The number of hydrogen-bond donors (Lipinski definition) is 0. The summed E-state index contributed by atoms with van der Waals surface area (Å²) in [5, 5.41) is 2.12. The minimum Gasteiger partial charge on any atom is 0 e. The van der Waals surface area contributed by atoms with E-state index in [4.69, 9.17) is 15.8 Å². The van der Waals surface area contributed by atoms with E-state index in [1.54, 1.807) is 12.5 Å². The maximum atomic E-state index is 8.44. The van der Waals surface area contributed by atoms with Gasteiger partial charge in [-0.15, -0.1) is 18.2 Å². The molecular weight excluding hydrogens is 975 g/mol. The van der Waals surface area contributed by atoms with E-state index in [-0.39, 0.29) is 31.9 Å². The maximum Gasteiger partial charge on any atom is 0 e. The average Bonchev–Trinajstić information content (AvgIpc) is 3.82.